The number of carboxylic acid groups (broad SMARTS) is 1. The molecule has 1 aliphatic rings. The van der Waals surface area contributed by atoms with Gasteiger partial charge >= 0.3 is 12.1 Å². The Hall–Kier alpha value is -2.11. The molecular weight excluding hydrogens is 229 g/mol. The topological polar surface area (TPSA) is 66.8 Å². The zero-order valence-corrected chi connectivity index (χ0v) is 8.80. The Labute approximate surface area is 96.4 Å². The van der Waals surface area contributed by atoms with Gasteiger partial charge in [-0.1, -0.05) is 18.2 Å². The number of ether oxygens (including phenoxy) is 1. The molecule has 17 heavy (non-hydrogen) atoms. The number of nitrogens with zero attached hydrogens (tertiary/aromatic N) is 1. The van der Waals surface area contributed by atoms with E-state index in [1.807, 2.05) is 0 Å². The molecule has 0 aromatic heterocycles. The van der Waals surface area contributed by atoms with Gasteiger partial charge in [-0.05, 0) is 6.07 Å². The van der Waals surface area contributed by atoms with Gasteiger partial charge in [-0.25, -0.2) is 9.18 Å². The molecule has 0 spiro atoms. The number of halogens is 1. The van der Waals surface area contributed by atoms with E-state index in [4.69, 9.17) is 9.84 Å². The van der Waals surface area contributed by atoms with Gasteiger partial charge in [0, 0.05) is 5.56 Å². The van der Waals surface area contributed by atoms with Crippen molar-refractivity contribution < 1.29 is 23.8 Å². The Kier molecular flexibility index (Phi) is 2.95. The van der Waals surface area contributed by atoms with Crippen molar-refractivity contribution in [1.82, 2.24) is 4.90 Å². The van der Waals surface area contributed by atoms with Crippen LogP contribution in [0.1, 0.15) is 11.7 Å². The van der Waals surface area contributed by atoms with E-state index in [2.05, 4.69) is 0 Å². The monoisotopic (exact) mass is 239 g/mol. The van der Waals surface area contributed by atoms with Crippen LogP contribution >= 0.6 is 0 Å². The first-order valence-electron chi connectivity index (χ1n) is 4.99. The minimum absolute atomic E-state index is 0.0477. The molecule has 1 heterocycles. The van der Waals surface area contributed by atoms with Gasteiger partial charge in [0.05, 0.1) is 6.54 Å². The lowest BCUT2D eigenvalue weighted by Crippen LogP contribution is -2.30. The molecule has 1 N–H and O–H groups in total. The summed E-state index contributed by atoms with van der Waals surface area (Å²) in [4.78, 5) is 22.8. The lowest BCUT2D eigenvalue weighted by molar-refractivity contribution is -0.137. The van der Waals surface area contributed by atoms with Crippen molar-refractivity contribution in [3.05, 3.63) is 35.6 Å². The lowest BCUT2D eigenvalue weighted by atomic mass is 10.1. The Bertz CT molecular complexity index is 463. The van der Waals surface area contributed by atoms with Crippen LogP contribution in [0.25, 0.3) is 0 Å². The normalized spacial score (nSPS) is 19.2. The quantitative estimate of drug-likeness (QED) is 0.865. The summed E-state index contributed by atoms with van der Waals surface area (Å²) in [5, 5.41) is 8.58. The van der Waals surface area contributed by atoms with Crippen LogP contribution in [0, 0.1) is 5.82 Å². The van der Waals surface area contributed by atoms with Crippen molar-refractivity contribution in [3.8, 4) is 0 Å². The fourth-order valence-electron chi connectivity index (χ4n) is 1.70. The van der Waals surface area contributed by atoms with E-state index in [0.29, 0.717) is 0 Å². The van der Waals surface area contributed by atoms with Crippen molar-refractivity contribution in [2.45, 2.75) is 6.10 Å². The summed E-state index contributed by atoms with van der Waals surface area (Å²) in [6.07, 6.45) is -1.48. The van der Waals surface area contributed by atoms with Crippen LogP contribution in [0.15, 0.2) is 24.3 Å². The first-order chi connectivity index (χ1) is 8.08. The Morgan fingerprint density at radius 1 is 1.53 bits per heavy atom. The zero-order chi connectivity index (χ0) is 12.4. The highest BCUT2D eigenvalue weighted by Gasteiger charge is 2.34. The van der Waals surface area contributed by atoms with Crippen LogP contribution < -0.4 is 0 Å². The van der Waals surface area contributed by atoms with Crippen LogP contribution in [0.5, 0.6) is 0 Å². The summed E-state index contributed by atoms with van der Waals surface area (Å²) < 4.78 is 18.4. The third-order valence-electron chi connectivity index (χ3n) is 2.47. The molecule has 1 atom stereocenters. The average molecular weight is 239 g/mol. The summed E-state index contributed by atoms with van der Waals surface area (Å²) in [6.45, 7) is -0.393. The van der Waals surface area contributed by atoms with Crippen LogP contribution in [0.4, 0.5) is 9.18 Å². The van der Waals surface area contributed by atoms with Crippen LogP contribution in [0.2, 0.25) is 0 Å². The number of carbonyl (C=O) groups is 2. The van der Waals surface area contributed by atoms with Gasteiger partial charge in [-0.15, -0.1) is 0 Å². The van der Waals surface area contributed by atoms with Gasteiger partial charge in [0.25, 0.3) is 0 Å². The van der Waals surface area contributed by atoms with Crippen LogP contribution in [0.3, 0.4) is 0 Å². The number of aliphatic carboxylic acids is 1. The highest BCUT2D eigenvalue weighted by atomic mass is 19.1. The second-order valence-corrected chi connectivity index (χ2v) is 3.67. The summed E-state index contributed by atoms with van der Waals surface area (Å²) >= 11 is 0. The summed E-state index contributed by atoms with van der Waals surface area (Å²) in [6, 6.07) is 5.94. The van der Waals surface area contributed by atoms with Crippen LogP contribution in [-0.2, 0) is 9.53 Å². The minimum Gasteiger partial charge on any atom is -0.480 e. The molecule has 1 saturated heterocycles. The van der Waals surface area contributed by atoms with Crippen LogP contribution in [-0.4, -0.2) is 35.2 Å². The summed E-state index contributed by atoms with van der Waals surface area (Å²) in [7, 11) is 0. The molecule has 1 unspecified atom stereocenters. The summed E-state index contributed by atoms with van der Waals surface area (Å²) in [5.41, 5.74) is 0.258. The van der Waals surface area contributed by atoms with Gasteiger partial charge in [0.15, 0.2) is 0 Å². The van der Waals surface area contributed by atoms with E-state index in [9.17, 15) is 14.0 Å². The fraction of sp³-hybridized carbons (Fsp3) is 0.273. The Morgan fingerprint density at radius 2 is 2.24 bits per heavy atom. The van der Waals surface area contributed by atoms with Crippen molar-refractivity contribution in [1.29, 1.82) is 0 Å². The van der Waals surface area contributed by atoms with Gasteiger partial charge < -0.3 is 9.84 Å². The number of hydrogen-bond acceptors (Lipinski definition) is 3. The Morgan fingerprint density at radius 3 is 2.88 bits per heavy atom. The predicted octanol–water partition coefficient (Wildman–Crippen LogP) is 1.40. The number of rotatable bonds is 3. The van der Waals surface area contributed by atoms with E-state index < -0.39 is 30.5 Å². The third-order valence-corrected chi connectivity index (χ3v) is 2.47. The lowest BCUT2D eigenvalue weighted by Gasteiger charge is -2.10. The smallest absolute Gasteiger partial charge is 0.411 e. The molecule has 1 aromatic rings. The first kappa shape index (κ1) is 11.4. The van der Waals surface area contributed by atoms with Crippen molar-refractivity contribution in [2.24, 2.45) is 0 Å². The van der Waals surface area contributed by atoms with E-state index in [1.54, 1.807) is 6.07 Å². The number of cyclic esters (lactones) is 1. The van der Waals surface area contributed by atoms with Crippen molar-refractivity contribution >= 4 is 12.1 Å². The maximum Gasteiger partial charge on any atom is 0.411 e. The number of benzene rings is 1. The summed E-state index contributed by atoms with van der Waals surface area (Å²) in [5.74, 6) is -1.60. The van der Waals surface area contributed by atoms with E-state index in [0.717, 1.165) is 4.90 Å². The standard InChI is InChI=1S/C11H10FNO4/c12-8-4-2-1-3-7(8)9-5-13(6-10(14)15)11(16)17-9/h1-4,9H,5-6H2,(H,14,15). The SMILES string of the molecule is O=C(O)CN1CC(c2ccccc2F)OC1=O. The number of amides is 1. The highest BCUT2D eigenvalue weighted by molar-refractivity contribution is 5.78. The fourth-order valence-corrected chi connectivity index (χ4v) is 1.70. The molecular formula is C11H10FNO4. The van der Waals surface area contributed by atoms with Gasteiger partial charge in [0.1, 0.15) is 18.5 Å². The highest BCUT2D eigenvalue weighted by Crippen LogP contribution is 2.27. The average Bonchev–Trinajstić information content (AvgIpc) is 2.60. The van der Waals surface area contributed by atoms with E-state index >= 15 is 0 Å². The number of hydrogen-bond donors (Lipinski definition) is 1. The molecule has 90 valence electrons. The molecule has 1 amide bonds. The molecule has 0 radical (unpaired) electrons. The molecule has 0 saturated carbocycles. The van der Waals surface area contributed by atoms with Crippen molar-refractivity contribution in [2.75, 3.05) is 13.1 Å². The predicted molar refractivity (Wildman–Crippen MR) is 54.8 cm³/mol. The Balaban J connectivity index is 2.14. The molecule has 0 aliphatic carbocycles. The second-order valence-electron chi connectivity index (χ2n) is 3.67. The number of carbonyl (C=O) groups excluding carboxylic acids is 1. The number of carboxylic acids is 1. The minimum atomic E-state index is -1.13. The molecule has 2 rings (SSSR count). The molecule has 1 aromatic carbocycles. The molecule has 1 aliphatic heterocycles. The van der Waals surface area contributed by atoms with Crippen molar-refractivity contribution in [3.63, 3.8) is 0 Å². The third kappa shape index (κ3) is 2.35. The second kappa shape index (κ2) is 4.40. The molecule has 0 bridgehead atoms. The van der Waals surface area contributed by atoms with Gasteiger partial charge in [-0.2, -0.15) is 0 Å². The largest absolute Gasteiger partial charge is 0.480 e. The maximum atomic E-state index is 13.4. The first-order valence-corrected chi connectivity index (χ1v) is 4.99. The molecule has 1 fully saturated rings. The molecule has 5 nitrogen and oxygen atoms in total. The van der Waals surface area contributed by atoms with E-state index in [-0.39, 0.29) is 12.1 Å². The zero-order valence-electron chi connectivity index (χ0n) is 8.80. The van der Waals surface area contributed by atoms with E-state index in [1.165, 1.54) is 18.2 Å². The van der Waals surface area contributed by atoms with Gasteiger partial charge in [0.2, 0.25) is 0 Å². The maximum absolute atomic E-state index is 13.4. The van der Waals surface area contributed by atoms with Gasteiger partial charge in [-0.3, -0.25) is 9.69 Å². The molecule has 6 heteroatoms.